The number of ether oxygens (including phenoxy) is 3. The lowest BCUT2D eigenvalue weighted by molar-refractivity contribution is -0.141. The minimum Gasteiger partial charge on any atom is -0.493 e. The van der Waals surface area contributed by atoms with Crippen LogP contribution in [0.2, 0.25) is 0 Å². The van der Waals surface area contributed by atoms with Crippen LogP contribution in [0.15, 0.2) is 48.5 Å². The van der Waals surface area contributed by atoms with E-state index in [0.717, 1.165) is 16.7 Å². The van der Waals surface area contributed by atoms with E-state index < -0.39 is 12.0 Å². The molecule has 1 atom stereocenters. The second-order valence-electron chi connectivity index (χ2n) is 6.20. The number of hydrogen-bond acceptors (Lipinski definition) is 5. The number of carbonyl (C=O) groups is 2. The monoisotopic (exact) mass is 383 g/mol. The first-order valence-corrected chi connectivity index (χ1v) is 8.80. The zero-order valence-corrected chi connectivity index (χ0v) is 16.5. The van der Waals surface area contributed by atoms with Crippen LogP contribution in [0.25, 0.3) is 6.08 Å². The van der Waals surface area contributed by atoms with Gasteiger partial charge in [-0.15, -0.1) is 0 Å². The van der Waals surface area contributed by atoms with E-state index in [1.807, 2.05) is 37.3 Å². The number of rotatable bonds is 8. The van der Waals surface area contributed by atoms with Crippen LogP contribution >= 0.6 is 0 Å². The molecular formula is C22H25NO5. The van der Waals surface area contributed by atoms with Crippen molar-refractivity contribution in [2.24, 2.45) is 0 Å². The maximum absolute atomic E-state index is 12.4. The van der Waals surface area contributed by atoms with Crippen LogP contribution in [0.3, 0.4) is 0 Å². The molecule has 2 rings (SSSR count). The Morgan fingerprint density at radius 3 is 2.29 bits per heavy atom. The maximum atomic E-state index is 12.4. The van der Waals surface area contributed by atoms with Gasteiger partial charge in [-0.05, 0) is 36.3 Å². The lowest BCUT2D eigenvalue weighted by atomic mass is 10.0. The summed E-state index contributed by atoms with van der Waals surface area (Å²) in [5, 5.41) is 2.86. The van der Waals surface area contributed by atoms with Crippen molar-refractivity contribution in [1.29, 1.82) is 0 Å². The lowest BCUT2D eigenvalue weighted by Gasteiger charge is -2.17. The van der Waals surface area contributed by atoms with Crippen LogP contribution in [0.4, 0.5) is 0 Å². The van der Waals surface area contributed by atoms with Crippen molar-refractivity contribution in [3.63, 3.8) is 0 Å². The quantitative estimate of drug-likeness (QED) is 0.558. The summed E-state index contributed by atoms with van der Waals surface area (Å²) in [4.78, 5) is 24.1. The van der Waals surface area contributed by atoms with Crippen molar-refractivity contribution < 1.29 is 23.8 Å². The summed E-state index contributed by atoms with van der Waals surface area (Å²) in [5.74, 6) is 0.480. The predicted molar refractivity (Wildman–Crippen MR) is 107 cm³/mol. The number of aryl methyl sites for hydroxylation is 1. The molecule has 1 unspecified atom stereocenters. The van der Waals surface area contributed by atoms with Gasteiger partial charge in [0, 0.05) is 6.08 Å². The van der Waals surface area contributed by atoms with E-state index >= 15 is 0 Å². The summed E-state index contributed by atoms with van der Waals surface area (Å²) in [6, 6.07) is 12.5. The minimum atomic E-state index is -0.476. The lowest BCUT2D eigenvalue weighted by Crippen LogP contribution is -2.29. The Hall–Kier alpha value is -3.28. The fourth-order valence-electron chi connectivity index (χ4n) is 2.65. The van der Waals surface area contributed by atoms with E-state index in [1.54, 1.807) is 32.4 Å². The van der Waals surface area contributed by atoms with Gasteiger partial charge < -0.3 is 19.5 Å². The highest BCUT2D eigenvalue weighted by molar-refractivity contribution is 5.92. The number of carbonyl (C=O) groups excluding carboxylic acids is 2. The molecule has 6 nitrogen and oxygen atoms in total. The first-order valence-electron chi connectivity index (χ1n) is 8.80. The molecule has 1 N–H and O–H groups in total. The summed E-state index contributed by atoms with van der Waals surface area (Å²) in [5.41, 5.74) is 2.72. The Kier molecular flexibility index (Phi) is 7.63. The van der Waals surface area contributed by atoms with Crippen molar-refractivity contribution in [2.75, 3.05) is 21.3 Å². The smallest absolute Gasteiger partial charge is 0.307 e. The molecule has 0 aromatic heterocycles. The van der Waals surface area contributed by atoms with E-state index in [-0.39, 0.29) is 12.3 Å². The van der Waals surface area contributed by atoms with Crippen molar-refractivity contribution in [1.82, 2.24) is 5.32 Å². The molecule has 6 heteroatoms. The van der Waals surface area contributed by atoms with Crippen molar-refractivity contribution in [2.45, 2.75) is 19.4 Å². The molecule has 0 saturated carbocycles. The van der Waals surface area contributed by atoms with Crippen molar-refractivity contribution in [3.05, 3.63) is 65.2 Å². The summed E-state index contributed by atoms with van der Waals surface area (Å²) in [6.45, 7) is 1.98. The Bertz CT molecular complexity index is 843. The van der Waals surface area contributed by atoms with Gasteiger partial charge in [0.25, 0.3) is 0 Å². The van der Waals surface area contributed by atoms with Gasteiger partial charge in [0.05, 0.1) is 33.8 Å². The zero-order valence-electron chi connectivity index (χ0n) is 16.5. The van der Waals surface area contributed by atoms with Gasteiger partial charge >= 0.3 is 5.97 Å². The van der Waals surface area contributed by atoms with E-state index in [1.165, 1.54) is 13.2 Å². The minimum absolute atomic E-state index is 0.0511. The fraction of sp³-hybridized carbons (Fsp3) is 0.273. The zero-order chi connectivity index (χ0) is 20.5. The third-order valence-electron chi connectivity index (χ3n) is 4.23. The molecule has 0 aliphatic carbocycles. The van der Waals surface area contributed by atoms with E-state index in [2.05, 4.69) is 5.32 Å². The molecule has 0 spiro atoms. The molecule has 0 aliphatic heterocycles. The molecule has 0 heterocycles. The molecule has 148 valence electrons. The van der Waals surface area contributed by atoms with Gasteiger partial charge in [0.15, 0.2) is 11.5 Å². The van der Waals surface area contributed by atoms with E-state index in [4.69, 9.17) is 14.2 Å². The van der Waals surface area contributed by atoms with Crippen LogP contribution in [0, 0.1) is 6.92 Å². The Morgan fingerprint density at radius 2 is 1.68 bits per heavy atom. The molecule has 2 aromatic carbocycles. The Labute approximate surface area is 165 Å². The number of amides is 1. The van der Waals surface area contributed by atoms with Crippen LogP contribution < -0.4 is 14.8 Å². The molecule has 1 amide bonds. The third kappa shape index (κ3) is 5.87. The summed E-state index contributed by atoms with van der Waals surface area (Å²) in [6.07, 6.45) is 3.14. The normalized spacial score (nSPS) is 11.7. The first kappa shape index (κ1) is 21.0. The van der Waals surface area contributed by atoms with Gasteiger partial charge in [-0.2, -0.15) is 0 Å². The van der Waals surface area contributed by atoms with Crippen molar-refractivity contribution >= 4 is 18.0 Å². The van der Waals surface area contributed by atoms with Gasteiger partial charge in [-0.1, -0.05) is 35.9 Å². The van der Waals surface area contributed by atoms with Crippen LogP contribution in [-0.4, -0.2) is 33.2 Å². The topological polar surface area (TPSA) is 73.9 Å². The van der Waals surface area contributed by atoms with Gasteiger partial charge in [0.2, 0.25) is 5.91 Å². The third-order valence-corrected chi connectivity index (χ3v) is 4.23. The highest BCUT2D eigenvalue weighted by atomic mass is 16.5. The first-order chi connectivity index (χ1) is 13.5. The SMILES string of the molecule is COC(=O)CC(NC(=O)/C=C/c1ccc(OC)c(OC)c1)c1ccc(C)cc1. The Morgan fingerprint density at radius 1 is 1.00 bits per heavy atom. The molecule has 0 aliphatic rings. The second kappa shape index (κ2) is 10.2. The summed E-state index contributed by atoms with van der Waals surface area (Å²) < 4.78 is 15.2. The van der Waals surface area contributed by atoms with Gasteiger partial charge in [0.1, 0.15) is 0 Å². The number of methoxy groups -OCH3 is 3. The summed E-state index contributed by atoms with van der Waals surface area (Å²) in [7, 11) is 4.44. The average Bonchev–Trinajstić information content (AvgIpc) is 2.71. The van der Waals surface area contributed by atoms with Crippen molar-refractivity contribution in [3.8, 4) is 11.5 Å². The highest BCUT2D eigenvalue weighted by Crippen LogP contribution is 2.28. The van der Waals surface area contributed by atoms with E-state index in [9.17, 15) is 9.59 Å². The highest BCUT2D eigenvalue weighted by Gasteiger charge is 2.18. The number of esters is 1. The molecule has 0 bridgehead atoms. The number of nitrogens with one attached hydrogen (secondary N) is 1. The molecule has 2 aromatic rings. The number of hydrogen-bond donors (Lipinski definition) is 1. The van der Waals surface area contributed by atoms with E-state index in [0.29, 0.717) is 11.5 Å². The molecule has 0 radical (unpaired) electrons. The molecular weight excluding hydrogens is 358 g/mol. The predicted octanol–water partition coefficient (Wildman–Crippen LogP) is 3.45. The summed E-state index contributed by atoms with van der Waals surface area (Å²) >= 11 is 0. The molecule has 0 saturated heterocycles. The van der Waals surface area contributed by atoms with Gasteiger partial charge in [-0.25, -0.2) is 0 Å². The second-order valence-corrected chi connectivity index (χ2v) is 6.20. The maximum Gasteiger partial charge on any atom is 0.307 e. The Balaban J connectivity index is 2.13. The standard InChI is InChI=1S/C22H25NO5/c1-15-5-9-17(10-6-15)18(14-22(25)28-4)23-21(24)12-8-16-7-11-19(26-2)20(13-16)27-3/h5-13,18H,14H2,1-4H3,(H,23,24)/b12-8+. The van der Waals surface area contributed by atoms with Gasteiger partial charge in [-0.3, -0.25) is 9.59 Å². The molecule has 0 fully saturated rings. The average molecular weight is 383 g/mol. The molecule has 28 heavy (non-hydrogen) atoms. The number of benzene rings is 2. The van der Waals surface area contributed by atoms with Crippen LogP contribution in [0.5, 0.6) is 11.5 Å². The van der Waals surface area contributed by atoms with Crippen LogP contribution in [-0.2, 0) is 14.3 Å². The largest absolute Gasteiger partial charge is 0.493 e. The fourth-order valence-corrected chi connectivity index (χ4v) is 2.65. The van der Waals surface area contributed by atoms with Crippen LogP contribution in [0.1, 0.15) is 29.2 Å².